The van der Waals surface area contributed by atoms with Gasteiger partial charge < -0.3 is 33.9 Å². The van der Waals surface area contributed by atoms with Crippen molar-refractivity contribution in [3.8, 4) is 11.5 Å². The Labute approximate surface area is 219 Å². The minimum absolute atomic E-state index is 0.0604. The van der Waals surface area contributed by atoms with Crippen LogP contribution in [0.3, 0.4) is 0 Å². The third-order valence-corrected chi connectivity index (χ3v) is 5.82. The zero-order valence-electron chi connectivity index (χ0n) is 22.3. The molecular formula is C28H38N2O7. The van der Waals surface area contributed by atoms with E-state index in [0.29, 0.717) is 36.6 Å². The molecule has 0 spiro atoms. The van der Waals surface area contributed by atoms with Crippen molar-refractivity contribution in [1.29, 1.82) is 0 Å². The summed E-state index contributed by atoms with van der Waals surface area (Å²) < 4.78 is 27.7. The molecular weight excluding hydrogens is 476 g/mol. The van der Waals surface area contributed by atoms with Gasteiger partial charge in [0.1, 0.15) is 5.60 Å². The fourth-order valence-electron chi connectivity index (χ4n) is 4.04. The molecule has 2 atom stereocenters. The number of ether oxygens (including phenoxy) is 5. The van der Waals surface area contributed by atoms with E-state index in [1.165, 1.54) is 14.2 Å². The van der Waals surface area contributed by atoms with Gasteiger partial charge in [-0.1, -0.05) is 30.3 Å². The van der Waals surface area contributed by atoms with Gasteiger partial charge in [0, 0.05) is 25.8 Å². The van der Waals surface area contributed by atoms with Crippen LogP contribution in [0.1, 0.15) is 49.5 Å². The van der Waals surface area contributed by atoms with E-state index in [2.05, 4.69) is 5.32 Å². The van der Waals surface area contributed by atoms with Crippen LogP contribution in [0.2, 0.25) is 0 Å². The quantitative estimate of drug-likeness (QED) is 0.496. The molecule has 1 aliphatic rings. The molecule has 9 heteroatoms. The van der Waals surface area contributed by atoms with Gasteiger partial charge in [-0.3, -0.25) is 4.79 Å². The molecule has 1 N–H and O–H groups in total. The summed E-state index contributed by atoms with van der Waals surface area (Å²) in [4.78, 5) is 27.8. The number of hydrogen-bond acceptors (Lipinski definition) is 7. The lowest BCUT2D eigenvalue weighted by atomic mass is 10.1. The lowest BCUT2D eigenvalue weighted by Gasteiger charge is -2.31. The number of carbonyl (C=O) groups is 2. The molecule has 0 aromatic heterocycles. The SMILES string of the molecule is COCOc1ccc(C(=O)N[C@@H]2CN(C(=O)OC(C)(C)C)CCC[C@H]2OCc2ccccc2)cc1OC. The summed E-state index contributed by atoms with van der Waals surface area (Å²) in [5.74, 6) is 0.578. The van der Waals surface area contributed by atoms with Crippen LogP contribution < -0.4 is 14.8 Å². The largest absolute Gasteiger partial charge is 0.493 e. The van der Waals surface area contributed by atoms with Gasteiger partial charge in [-0.2, -0.15) is 0 Å². The van der Waals surface area contributed by atoms with Crippen molar-refractivity contribution in [3.05, 3.63) is 59.7 Å². The van der Waals surface area contributed by atoms with Crippen LogP contribution in [0.15, 0.2) is 48.5 Å². The number of nitrogens with zero attached hydrogens (tertiary/aromatic N) is 1. The second kappa shape index (κ2) is 13.3. The Morgan fingerprint density at radius 3 is 2.49 bits per heavy atom. The van der Waals surface area contributed by atoms with Crippen molar-refractivity contribution in [1.82, 2.24) is 10.2 Å². The minimum atomic E-state index is -0.617. The zero-order valence-corrected chi connectivity index (χ0v) is 22.3. The third kappa shape index (κ3) is 8.65. The molecule has 0 aliphatic carbocycles. The van der Waals surface area contributed by atoms with Crippen LogP contribution in [0.5, 0.6) is 11.5 Å². The molecule has 3 rings (SSSR count). The monoisotopic (exact) mass is 514 g/mol. The van der Waals surface area contributed by atoms with Crippen molar-refractivity contribution >= 4 is 12.0 Å². The third-order valence-electron chi connectivity index (χ3n) is 5.82. The summed E-state index contributed by atoms with van der Waals surface area (Å²) in [7, 11) is 3.03. The molecule has 1 aliphatic heterocycles. The van der Waals surface area contributed by atoms with Crippen molar-refractivity contribution in [2.75, 3.05) is 34.1 Å². The molecule has 2 aromatic carbocycles. The Morgan fingerprint density at radius 2 is 1.81 bits per heavy atom. The molecule has 0 unspecified atom stereocenters. The number of likely N-dealkylation sites (tertiary alicyclic amines) is 1. The number of hydrogen-bond donors (Lipinski definition) is 1. The van der Waals surface area contributed by atoms with Gasteiger partial charge >= 0.3 is 6.09 Å². The predicted octanol–water partition coefficient (Wildman–Crippen LogP) is 4.39. The van der Waals surface area contributed by atoms with Crippen molar-refractivity contribution in [2.24, 2.45) is 0 Å². The summed E-state index contributed by atoms with van der Waals surface area (Å²) in [6, 6.07) is 14.4. The molecule has 37 heavy (non-hydrogen) atoms. The Hall–Kier alpha value is -3.30. The average Bonchev–Trinajstić information content (AvgIpc) is 3.07. The number of amides is 2. The molecule has 2 amide bonds. The summed E-state index contributed by atoms with van der Waals surface area (Å²) in [5.41, 5.74) is 0.822. The van der Waals surface area contributed by atoms with E-state index >= 15 is 0 Å². The van der Waals surface area contributed by atoms with Crippen LogP contribution in [0.25, 0.3) is 0 Å². The molecule has 1 saturated heterocycles. The van der Waals surface area contributed by atoms with E-state index in [-0.39, 0.29) is 25.3 Å². The Balaban J connectivity index is 1.78. The number of methoxy groups -OCH3 is 2. The van der Waals surface area contributed by atoms with Gasteiger partial charge in [0.05, 0.1) is 25.9 Å². The van der Waals surface area contributed by atoms with Gasteiger partial charge in [0.25, 0.3) is 5.91 Å². The smallest absolute Gasteiger partial charge is 0.410 e. The summed E-state index contributed by atoms with van der Waals surface area (Å²) in [5, 5.41) is 3.09. The lowest BCUT2D eigenvalue weighted by molar-refractivity contribution is 0.00420. The standard InChI is InChI=1S/C28H38N2O7/c1-28(2,3)37-27(32)30-15-9-12-23(35-18-20-10-7-6-8-11-20)22(17-30)29-26(31)21-13-14-24(36-19-33-4)25(16-21)34-5/h6-8,10-11,13-14,16,22-23H,9,12,15,17-19H2,1-5H3,(H,29,31)/t22-,23-/m1/s1. The van der Waals surface area contributed by atoms with Crippen molar-refractivity contribution in [3.63, 3.8) is 0 Å². The summed E-state index contributed by atoms with van der Waals surface area (Å²) >= 11 is 0. The van der Waals surface area contributed by atoms with Crippen LogP contribution in [-0.4, -0.2) is 68.7 Å². The minimum Gasteiger partial charge on any atom is -0.493 e. The molecule has 1 fully saturated rings. The van der Waals surface area contributed by atoms with E-state index in [1.54, 1.807) is 23.1 Å². The molecule has 0 radical (unpaired) electrons. The normalized spacial score (nSPS) is 18.0. The number of carbonyl (C=O) groups excluding carboxylic acids is 2. The maximum Gasteiger partial charge on any atom is 0.410 e. The Morgan fingerprint density at radius 1 is 1.05 bits per heavy atom. The van der Waals surface area contributed by atoms with E-state index in [0.717, 1.165) is 12.0 Å². The van der Waals surface area contributed by atoms with Gasteiger partial charge in [-0.15, -0.1) is 0 Å². The molecule has 0 saturated carbocycles. The number of rotatable bonds is 9. The fraction of sp³-hybridized carbons (Fsp3) is 0.500. The van der Waals surface area contributed by atoms with Gasteiger partial charge in [0.15, 0.2) is 18.3 Å². The summed E-state index contributed by atoms with van der Waals surface area (Å²) in [6.45, 7) is 6.76. The maximum absolute atomic E-state index is 13.3. The zero-order chi connectivity index (χ0) is 26.8. The highest BCUT2D eigenvalue weighted by Crippen LogP contribution is 2.28. The van der Waals surface area contributed by atoms with E-state index in [1.807, 2.05) is 51.1 Å². The molecule has 2 aromatic rings. The van der Waals surface area contributed by atoms with Crippen LogP contribution >= 0.6 is 0 Å². The Kier molecular flexibility index (Phi) is 10.2. The maximum atomic E-state index is 13.3. The van der Waals surface area contributed by atoms with Crippen molar-refractivity contribution in [2.45, 2.75) is 58.0 Å². The lowest BCUT2D eigenvalue weighted by Crippen LogP contribution is -2.51. The fourth-order valence-corrected chi connectivity index (χ4v) is 4.04. The molecule has 9 nitrogen and oxygen atoms in total. The van der Waals surface area contributed by atoms with Crippen LogP contribution in [0, 0.1) is 0 Å². The number of benzene rings is 2. The van der Waals surface area contributed by atoms with Crippen molar-refractivity contribution < 1.29 is 33.3 Å². The Bertz CT molecular complexity index is 1020. The first-order valence-electron chi connectivity index (χ1n) is 12.4. The highest BCUT2D eigenvalue weighted by Gasteiger charge is 2.33. The van der Waals surface area contributed by atoms with E-state index in [9.17, 15) is 9.59 Å². The van der Waals surface area contributed by atoms with Gasteiger partial charge in [-0.05, 0) is 57.4 Å². The second-order valence-corrected chi connectivity index (χ2v) is 9.90. The van der Waals surface area contributed by atoms with E-state index in [4.69, 9.17) is 23.7 Å². The first kappa shape index (κ1) is 28.3. The predicted molar refractivity (Wildman–Crippen MR) is 139 cm³/mol. The van der Waals surface area contributed by atoms with Crippen LogP contribution in [0.4, 0.5) is 4.79 Å². The highest BCUT2D eigenvalue weighted by molar-refractivity contribution is 5.95. The van der Waals surface area contributed by atoms with Crippen LogP contribution in [-0.2, 0) is 20.8 Å². The highest BCUT2D eigenvalue weighted by atomic mass is 16.7. The number of nitrogens with one attached hydrogen (secondary N) is 1. The first-order chi connectivity index (χ1) is 17.7. The van der Waals surface area contributed by atoms with E-state index < -0.39 is 17.7 Å². The average molecular weight is 515 g/mol. The first-order valence-corrected chi connectivity index (χ1v) is 12.4. The molecule has 0 bridgehead atoms. The second-order valence-electron chi connectivity index (χ2n) is 9.90. The van der Waals surface area contributed by atoms with Gasteiger partial charge in [-0.25, -0.2) is 4.79 Å². The topological polar surface area (TPSA) is 95.6 Å². The molecule has 1 heterocycles. The summed E-state index contributed by atoms with van der Waals surface area (Å²) in [6.07, 6.45) is 0.716. The molecule has 202 valence electrons. The van der Waals surface area contributed by atoms with Gasteiger partial charge in [0.2, 0.25) is 0 Å².